The summed E-state index contributed by atoms with van der Waals surface area (Å²) in [7, 11) is 0. The van der Waals surface area contributed by atoms with Crippen LogP contribution in [0.4, 0.5) is 30.4 Å². The summed E-state index contributed by atoms with van der Waals surface area (Å²) in [6.45, 7) is 8.71. The molecule has 2 saturated heterocycles. The van der Waals surface area contributed by atoms with E-state index in [0.29, 0.717) is 66.7 Å². The molecule has 0 aromatic carbocycles. The van der Waals surface area contributed by atoms with Crippen LogP contribution in [0.1, 0.15) is 37.7 Å². The van der Waals surface area contributed by atoms with Crippen molar-refractivity contribution in [2.75, 3.05) is 29.4 Å². The van der Waals surface area contributed by atoms with Crippen LogP contribution >= 0.6 is 12.2 Å². The van der Waals surface area contributed by atoms with Gasteiger partial charge in [0.1, 0.15) is 17.8 Å². The number of aromatic nitrogens is 2. The smallest absolute Gasteiger partial charge is 0.401 e. The van der Waals surface area contributed by atoms with E-state index in [1.165, 1.54) is 16.0 Å². The summed E-state index contributed by atoms with van der Waals surface area (Å²) >= 11 is 5.77. The molecule has 0 radical (unpaired) electrons. The van der Waals surface area contributed by atoms with E-state index in [-0.39, 0.29) is 17.8 Å². The monoisotopic (exact) mass is 530 g/mol. The van der Waals surface area contributed by atoms with Crippen LogP contribution in [0, 0.1) is 13.5 Å². The molecule has 0 atom stereocenters. The number of carbonyl (C=O) groups is 1. The number of carbonyl (C=O) groups excluding carboxylic acids is 1. The van der Waals surface area contributed by atoms with Gasteiger partial charge >= 0.3 is 6.18 Å². The Morgan fingerprint density at radius 3 is 2.43 bits per heavy atom. The summed E-state index contributed by atoms with van der Waals surface area (Å²) < 4.78 is 43.8. The first-order valence-electron chi connectivity index (χ1n) is 12.1. The number of aryl methyl sites for hydroxylation is 1. The lowest BCUT2D eigenvalue weighted by Gasteiger charge is -2.42. The molecule has 3 fully saturated rings. The van der Waals surface area contributed by atoms with E-state index in [9.17, 15) is 18.0 Å². The van der Waals surface area contributed by atoms with Crippen molar-refractivity contribution in [3.05, 3.63) is 47.6 Å². The molecule has 0 unspecified atom stereocenters. The summed E-state index contributed by atoms with van der Waals surface area (Å²) in [5.74, 6) is 0.539. The highest BCUT2D eigenvalue weighted by atomic mass is 32.1. The Balaban J connectivity index is 1.30. The summed E-state index contributed by atoms with van der Waals surface area (Å²) in [5, 5.41) is 0.328. The molecule has 2 aliphatic heterocycles. The zero-order valence-corrected chi connectivity index (χ0v) is 21.0. The van der Waals surface area contributed by atoms with Gasteiger partial charge < -0.3 is 14.5 Å². The molecule has 5 rings (SSSR count). The number of anilines is 2. The highest BCUT2D eigenvalue weighted by Gasteiger charge is 2.59. The van der Waals surface area contributed by atoms with Gasteiger partial charge in [0.2, 0.25) is 5.88 Å². The minimum Gasteiger partial charge on any atom is -0.474 e. The molecule has 37 heavy (non-hydrogen) atoms. The molecule has 3 aliphatic rings. The van der Waals surface area contributed by atoms with Crippen molar-refractivity contribution in [2.24, 2.45) is 0 Å². The molecule has 12 heteroatoms. The fourth-order valence-electron chi connectivity index (χ4n) is 5.18. The Bertz CT molecular complexity index is 1250. The fourth-order valence-corrected chi connectivity index (χ4v) is 5.65. The molecule has 0 N–H and O–H groups in total. The normalized spacial score (nSPS) is 20.3. The number of piperidine rings is 1. The molecule has 1 aliphatic carbocycles. The number of ether oxygens (including phenoxy) is 1. The van der Waals surface area contributed by atoms with Gasteiger partial charge in [0.25, 0.3) is 11.7 Å². The third kappa shape index (κ3) is 4.73. The predicted molar refractivity (Wildman–Crippen MR) is 135 cm³/mol. The number of halogens is 3. The quantitative estimate of drug-likeness (QED) is 0.406. The number of hydrogen-bond acceptors (Lipinski definition) is 6. The van der Waals surface area contributed by atoms with Crippen LogP contribution < -0.4 is 14.5 Å². The second-order valence-corrected chi connectivity index (χ2v) is 10.0. The molecule has 1 spiro atoms. The second kappa shape index (κ2) is 9.54. The standard InChI is InChI=1S/C25H25F3N6O2S/c1-16-12-18(14-31-21(16)29-2)33-22(35)24(8-3-9-24)34(23(33)37)17-4-5-20(30-13-17)36-19-6-10-32(11-7-19)15-25(26,27)28/h4-5,12-14,19H,3,6-11,15H2,1H3. The van der Waals surface area contributed by atoms with Crippen LogP contribution in [-0.2, 0) is 4.79 Å². The maximum absolute atomic E-state index is 13.6. The number of likely N-dealkylation sites (tertiary alicyclic amines) is 1. The van der Waals surface area contributed by atoms with Crippen molar-refractivity contribution in [3.8, 4) is 5.88 Å². The van der Waals surface area contributed by atoms with Gasteiger partial charge in [-0.1, -0.05) is 6.57 Å². The van der Waals surface area contributed by atoms with E-state index >= 15 is 0 Å². The molecular formula is C25H25F3N6O2S. The Hall–Kier alpha value is -3.30. The van der Waals surface area contributed by atoms with E-state index < -0.39 is 18.3 Å². The molecule has 2 aromatic heterocycles. The first-order chi connectivity index (χ1) is 17.6. The number of pyridine rings is 2. The lowest BCUT2D eigenvalue weighted by Crippen LogP contribution is -2.55. The van der Waals surface area contributed by atoms with Crippen molar-refractivity contribution in [1.82, 2.24) is 14.9 Å². The molecule has 1 saturated carbocycles. The van der Waals surface area contributed by atoms with E-state index in [2.05, 4.69) is 14.8 Å². The van der Waals surface area contributed by atoms with Gasteiger partial charge in [-0.05, 0) is 68.9 Å². The number of hydrogen-bond donors (Lipinski definition) is 0. The average molecular weight is 531 g/mol. The number of rotatable bonds is 5. The van der Waals surface area contributed by atoms with Gasteiger partial charge in [-0.3, -0.25) is 14.6 Å². The van der Waals surface area contributed by atoms with Crippen molar-refractivity contribution >= 4 is 40.4 Å². The minimum atomic E-state index is -4.20. The van der Waals surface area contributed by atoms with Gasteiger partial charge in [-0.25, -0.2) is 4.98 Å². The molecular weight excluding hydrogens is 505 g/mol. The highest BCUT2D eigenvalue weighted by Crippen LogP contribution is 2.48. The molecule has 4 heterocycles. The van der Waals surface area contributed by atoms with Crippen LogP contribution in [0.15, 0.2) is 30.6 Å². The SMILES string of the molecule is [C-]#[N+]c1ncc(N2C(=O)C3(CCC3)N(c3ccc(OC4CCN(CC(F)(F)F)CC4)nc3)C2=S)cc1C. The van der Waals surface area contributed by atoms with Crippen LogP contribution in [0.3, 0.4) is 0 Å². The van der Waals surface area contributed by atoms with E-state index in [1.54, 1.807) is 31.3 Å². The van der Waals surface area contributed by atoms with Crippen molar-refractivity contribution < 1.29 is 22.7 Å². The largest absolute Gasteiger partial charge is 0.474 e. The summed E-state index contributed by atoms with van der Waals surface area (Å²) in [4.78, 5) is 30.3. The minimum absolute atomic E-state index is 0.119. The van der Waals surface area contributed by atoms with Gasteiger partial charge in [0, 0.05) is 19.2 Å². The van der Waals surface area contributed by atoms with E-state index in [1.807, 2.05) is 4.90 Å². The zero-order valence-electron chi connectivity index (χ0n) is 20.2. The molecule has 1 amide bonds. The lowest BCUT2D eigenvalue weighted by atomic mass is 9.75. The lowest BCUT2D eigenvalue weighted by molar-refractivity contribution is -0.149. The maximum Gasteiger partial charge on any atom is 0.401 e. The number of amides is 1. The van der Waals surface area contributed by atoms with Crippen LogP contribution in [-0.4, -0.2) is 63.3 Å². The summed E-state index contributed by atoms with van der Waals surface area (Å²) in [6, 6.07) is 5.25. The van der Waals surface area contributed by atoms with Gasteiger partial charge in [-0.2, -0.15) is 13.2 Å². The van der Waals surface area contributed by atoms with Crippen LogP contribution in [0.25, 0.3) is 4.85 Å². The predicted octanol–water partition coefficient (Wildman–Crippen LogP) is 4.80. The first kappa shape index (κ1) is 25.4. The van der Waals surface area contributed by atoms with Gasteiger partial charge in [0.05, 0.1) is 24.1 Å². The highest BCUT2D eigenvalue weighted by molar-refractivity contribution is 7.81. The van der Waals surface area contributed by atoms with Crippen molar-refractivity contribution in [3.63, 3.8) is 0 Å². The fraction of sp³-hybridized carbons (Fsp3) is 0.480. The summed E-state index contributed by atoms with van der Waals surface area (Å²) in [5.41, 5.74) is 1.07. The van der Waals surface area contributed by atoms with Crippen molar-refractivity contribution in [1.29, 1.82) is 0 Å². The first-order valence-corrected chi connectivity index (χ1v) is 12.5. The third-order valence-electron chi connectivity index (χ3n) is 7.20. The van der Waals surface area contributed by atoms with Crippen molar-refractivity contribution in [2.45, 2.75) is 56.8 Å². The molecule has 8 nitrogen and oxygen atoms in total. The van der Waals surface area contributed by atoms with Crippen LogP contribution in [0.5, 0.6) is 5.88 Å². The Labute approximate surface area is 217 Å². The average Bonchev–Trinajstić information content (AvgIpc) is 3.06. The molecule has 0 bridgehead atoms. The Kier molecular flexibility index (Phi) is 6.53. The Morgan fingerprint density at radius 1 is 1.19 bits per heavy atom. The maximum atomic E-state index is 13.6. The second-order valence-electron chi connectivity index (χ2n) is 9.65. The van der Waals surface area contributed by atoms with E-state index in [0.717, 1.165) is 6.42 Å². The number of nitrogens with zero attached hydrogens (tertiary/aromatic N) is 6. The zero-order chi connectivity index (χ0) is 26.4. The van der Waals surface area contributed by atoms with Gasteiger partial charge in [0.15, 0.2) is 5.11 Å². The number of alkyl halides is 3. The summed E-state index contributed by atoms with van der Waals surface area (Å²) in [6.07, 6.45) is 1.89. The topological polar surface area (TPSA) is 66.2 Å². The van der Waals surface area contributed by atoms with Crippen LogP contribution in [0.2, 0.25) is 0 Å². The molecule has 194 valence electrons. The van der Waals surface area contributed by atoms with Gasteiger partial charge in [-0.15, -0.1) is 4.98 Å². The molecule has 2 aromatic rings. The third-order valence-corrected chi connectivity index (χ3v) is 7.56. The van der Waals surface area contributed by atoms with E-state index in [4.69, 9.17) is 23.5 Å². The number of thiocarbonyl (C=S) groups is 1. The Morgan fingerprint density at radius 2 is 1.89 bits per heavy atom.